The van der Waals surface area contributed by atoms with Gasteiger partial charge in [-0.1, -0.05) is 17.7 Å². The molecule has 2 aromatic rings. The number of carbonyl (C=O) groups excluding carboxylic acids is 1. The molecule has 0 saturated carbocycles. The quantitative estimate of drug-likeness (QED) is 0.570. The molecule has 0 unspecified atom stereocenters. The summed E-state index contributed by atoms with van der Waals surface area (Å²) in [6.07, 6.45) is 0. The summed E-state index contributed by atoms with van der Waals surface area (Å²) in [7, 11) is -2.70. The van der Waals surface area contributed by atoms with Crippen molar-refractivity contribution in [2.24, 2.45) is 0 Å². The summed E-state index contributed by atoms with van der Waals surface area (Å²) in [6, 6.07) is 10.8. The number of benzene rings is 2. The van der Waals surface area contributed by atoms with Crippen LogP contribution in [0.25, 0.3) is 0 Å². The lowest BCUT2D eigenvalue weighted by molar-refractivity contribution is 0.0600. The highest BCUT2D eigenvalue weighted by atomic mass is 127. The Balaban J connectivity index is 2.42. The zero-order valence-electron chi connectivity index (χ0n) is 11.3. The summed E-state index contributed by atoms with van der Waals surface area (Å²) >= 11 is 8.03. The molecule has 0 aliphatic rings. The first-order chi connectivity index (χ1) is 10.3. The van der Waals surface area contributed by atoms with Crippen molar-refractivity contribution < 1.29 is 17.9 Å². The van der Waals surface area contributed by atoms with E-state index in [-0.39, 0.29) is 15.5 Å². The number of esters is 1. The van der Waals surface area contributed by atoms with E-state index in [0.717, 1.165) is 3.57 Å². The van der Waals surface area contributed by atoms with Gasteiger partial charge < -0.3 is 4.74 Å². The van der Waals surface area contributed by atoms with Gasteiger partial charge in [0.15, 0.2) is 0 Å². The van der Waals surface area contributed by atoms with Crippen LogP contribution in [-0.2, 0) is 14.8 Å². The predicted molar refractivity (Wildman–Crippen MR) is 92.8 cm³/mol. The molecule has 116 valence electrons. The topological polar surface area (TPSA) is 72.5 Å². The monoisotopic (exact) mass is 451 g/mol. The molecule has 0 aliphatic heterocycles. The number of anilines is 1. The summed E-state index contributed by atoms with van der Waals surface area (Å²) < 4.78 is 32.8. The molecule has 5 nitrogen and oxygen atoms in total. The smallest absolute Gasteiger partial charge is 0.337 e. The Morgan fingerprint density at radius 3 is 2.59 bits per heavy atom. The van der Waals surface area contributed by atoms with Crippen molar-refractivity contribution in [2.75, 3.05) is 11.8 Å². The SMILES string of the molecule is COC(=O)c1ccc(Cl)c(S(=O)(=O)Nc2cccc(I)c2)c1. The average Bonchev–Trinajstić information content (AvgIpc) is 2.46. The predicted octanol–water partition coefficient (Wildman–Crippen LogP) is 3.53. The van der Waals surface area contributed by atoms with E-state index < -0.39 is 16.0 Å². The number of carbonyl (C=O) groups is 1. The molecular formula is C14H11ClINO4S. The Bertz CT molecular complexity index is 823. The highest BCUT2D eigenvalue weighted by molar-refractivity contribution is 14.1. The zero-order valence-corrected chi connectivity index (χ0v) is 15.1. The molecule has 0 amide bonds. The zero-order chi connectivity index (χ0) is 16.3. The highest BCUT2D eigenvalue weighted by Gasteiger charge is 2.20. The second-order valence-corrected chi connectivity index (χ2v) is 7.56. The van der Waals surface area contributed by atoms with Crippen molar-refractivity contribution in [3.63, 3.8) is 0 Å². The standard InChI is InChI=1S/C14H11ClINO4S/c1-21-14(18)9-5-6-12(15)13(7-9)22(19,20)17-11-4-2-3-10(16)8-11/h2-8,17H,1H3. The van der Waals surface area contributed by atoms with Crippen LogP contribution in [-0.4, -0.2) is 21.5 Å². The Kier molecular flexibility index (Phi) is 5.30. The van der Waals surface area contributed by atoms with Crippen LogP contribution in [0, 0.1) is 3.57 Å². The molecule has 2 aromatic carbocycles. The van der Waals surface area contributed by atoms with Crippen LogP contribution in [0.1, 0.15) is 10.4 Å². The summed E-state index contributed by atoms with van der Waals surface area (Å²) in [4.78, 5) is 11.3. The third-order valence-corrected chi connectivity index (χ3v) is 5.25. The fraction of sp³-hybridized carbons (Fsp3) is 0.0714. The summed E-state index contributed by atoms with van der Waals surface area (Å²) in [6.45, 7) is 0. The maximum atomic E-state index is 12.4. The fourth-order valence-electron chi connectivity index (χ4n) is 1.72. The highest BCUT2D eigenvalue weighted by Crippen LogP contribution is 2.25. The number of halogens is 2. The first-order valence-electron chi connectivity index (χ1n) is 6.00. The molecule has 0 aliphatic carbocycles. The first kappa shape index (κ1) is 17.0. The molecule has 2 rings (SSSR count). The van der Waals surface area contributed by atoms with E-state index in [9.17, 15) is 13.2 Å². The lowest BCUT2D eigenvalue weighted by Gasteiger charge is -2.11. The van der Waals surface area contributed by atoms with Gasteiger partial charge in [0.25, 0.3) is 10.0 Å². The molecule has 0 radical (unpaired) electrons. The maximum absolute atomic E-state index is 12.4. The summed E-state index contributed by atoms with van der Waals surface area (Å²) in [5, 5.41) is 0.0192. The second-order valence-electron chi connectivity index (χ2n) is 4.25. The number of ether oxygens (including phenoxy) is 1. The van der Waals surface area contributed by atoms with Crippen LogP contribution in [0.2, 0.25) is 5.02 Å². The van der Waals surface area contributed by atoms with Crippen molar-refractivity contribution in [3.05, 3.63) is 56.6 Å². The molecule has 22 heavy (non-hydrogen) atoms. The second kappa shape index (κ2) is 6.84. The van der Waals surface area contributed by atoms with Crippen molar-refractivity contribution in [3.8, 4) is 0 Å². The molecule has 0 heterocycles. The number of hydrogen-bond donors (Lipinski definition) is 1. The first-order valence-corrected chi connectivity index (χ1v) is 8.94. The number of rotatable bonds is 4. The average molecular weight is 452 g/mol. The molecule has 8 heteroatoms. The van der Waals surface area contributed by atoms with E-state index in [1.54, 1.807) is 18.2 Å². The molecule has 0 bridgehead atoms. The third kappa shape index (κ3) is 3.90. The van der Waals surface area contributed by atoms with Crippen LogP contribution < -0.4 is 4.72 Å². The van der Waals surface area contributed by atoms with Crippen LogP contribution >= 0.6 is 34.2 Å². The molecule has 1 N–H and O–H groups in total. The van der Waals surface area contributed by atoms with Gasteiger partial charge in [0.1, 0.15) is 4.90 Å². The van der Waals surface area contributed by atoms with Crippen LogP contribution in [0.15, 0.2) is 47.4 Å². The van der Waals surface area contributed by atoms with Gasteiger partial charge in [-0.2, -0.15) is 0 Å². The third-order valence-electron chi connectivity index (χ3n) is 2.72. The van der Waals surface area contributed by atoms with Crippen molar-refractivity contribution >= 4 is 55.9 Å². The fourth-order valence-corrected chi connectivity index (χ4v) is 3.84. The Hall–Kier alpha value is -1.32. The normalized spacial score (nSPS) is 11.0. The van der Waals surface area contributed by atoms with Gasteiger partial charge >= 0.3 is 5.97 Å². The minimum Gasteiger partial charge on any atom is -0.465 e. The van der Waals surface area contributed by atoms with E-state index in [2.05, 4.69) is 32.0 Å². The molecule has 0 saturated heterocycles. The Morgan fingerprint density at radius 1 is 1.23 bits per heavy atom. The molecule has 0 spiro atoms. The Morgan fingerprint density at radius 2 is 1.95 bits per heavy atom. The molecular weight excluding hydrogens is 441 g/mol. The van der Waals surface area contributed by atoms with Gasteiger partial charge in [0, 0.05) is 9.26 Å². The van der Waals surface area contributed by atoms with E-state index in [4.69, 9.17) is 11.6 Å². The molecule has 0 atom stereocenters. The van der Waals surface area contributed by atoms with Crippen molar-refractivity contribution in [1.82, 2.24) is 0 Å². The minimum atomic E-state index is -3.92. The van der Waals surface area contributed by atoms with Gasteiger partial charge in [0.2, 0.25) is 0 Å². The van der Waals surface area contributed by atoms with Gasteiger partial charge in [-0.05, 0) is 59.0 Å². The number of sulfonamides is 1. The summed E-state index contributed by atoms with van der Waals surface area (Å²) in [5.41, 5.74) is 0.515. The largest absolute Gasteiger partial charge is 0.465 e. The van der Waals surface area contributed by atoms with Crippen molar-refractivity contribution in [2.45, 2.75) is 4.90 Å². The van der Waals surface area contributed by atoms with Crippen LogP contribution in [0.4, 0.5) is 5.69 Å². The molecule has 0 aromatic heterocycles. The van der Waals surface area contributed by atoms with E-state index in [1.807, 2.05) is 6.07 Å². The van der Waals surface area contributed by atoms with Gasteiger partial charge in [-0.25, -0.2) is 13.2 Å². The number of hydrogen-bond acceptors (Lipinski definition) is 4. The number of methoxy groups -OCH3 is 1. The van der Waals surface area contributed by atoms with Crippen LogP contribution in [0.3, 0.4) is 0 Å². The van der Waals surface area contributed by atoms with Gasteiger partial charge in [-0.15, -0.1) is 0 Å². The van der Waals surface area contributed by atoms with Gasteiger partial charge in [-0.3, -0.25) is 4.72 Å². The lowest BCUT2D eigenvalue weighted by Crippen LogP contribution is -2.14. The van der Waals surface area contributed by atoms with E-state index >= 15 is 0 Å². The van der Waals surface area contributed by atoms with Crippen LogP contribution in [0.5, 0.6) is 0 Å². The summed E-state index contributed by atoms with van der Waals surface area (Å²) in [5.74, 6) is -0.637. The minimum absolute atomic E-state index is 0.0192. The van der Waals surface area contributed by atoms with E-state index in [1.165, 1.54) is 25.3 Å². The maximum Gasteiger partial charge on any atom is 0.337 e. The van der Waals surface area contributed by atoms with Crippen molar-refractivity contribution in [1.29, 1.82) is 0 Å². The number of nitrogens with one attached hydrogen (secondary N) is 1. The van der Waals surface area contributed by atoms with E-state index in [0.29, 0.717) is 5.69 Å². The molecule has 0 fully saturated rings. The van der Waals surface area contributed by atoms with Gasteiger partial charge in [0.05, 0.1) is 17.7 Å². The lowest BCUT2D eigenvalue weighted by atomic mass is 10.2. The Labute approximate surface area is 146 Å².